The van der Waals surface area contributed by atoms with Gasteiger partial charge in [-0.2, -0.15) is 0 Å². The maximum atomic E-state index is 5.98. The number of rotatable bonds is 7. The zero-order valence-electron chi connectivity index (χ0n) is 11.8. The summed E-state index contributed by atoms with van der Waals surface area (Å²) in [7, 11) is 0. The zero-order valence-corrected chi connectivity index (χ0v) is 12.5. The number of halogens is 1. The molecule has 0 fully saturated rings. The highest BCUT2D eigenvalue weighted by atomic mass is 35.5. The lowest BCUT2D eigenvalue weighted by molar-refractivity contribution is 0.0168. The Morgan fingerprint density at radius 3 is 2.95 bits per heavy atom. The largest absolute Gasteiger partial charge is 0.372 e. The molecule has 0 saturated heterocycles. The van der Waals surface area contributed by atoms with Crippen molar-refractivity contribution in [3.8, 4) is 0 Å². The number of ether oxygens (including phenoxy) is 1. The van der Waals surface area contributed by atoms with Gasteiger partial charge in [-0.3, -0.25) is 4.90 Å². The molecule has 1 heterocycles. The third kappa shape index (κ3) is 4.20. The number of benzene rings is 1. The standard InChI is InChI=1S/C16H24ClNO/c1-2-3-10-18(11-9-17)13-16-15-7-5-4-6-14(15)8-12-19-16/h4-7,16H,2-3,8-13H2,1H3. The predicted molar refractivity (Wildman–Crippen MR) is 80.9 cm³/mol. The molecule has 1 aliphatic rings. The van der Waals surface area contributed by atoms with Crippen LogP contribution in [0.4, 0.5) is 0 Å². The third-order valence-electron chi connectivity index (χ3n) is 3.75. The molecule has 1 aromatic rings. The number of nitrogens with zero attached hydrogens (tertiary/aromatic N) is 1. The zero-order chi connectivity index (χ0) is 13.5. The third-order valence-corrected chi connectivity index (χ3v) is 3.91. The molecular weight excluding hydrogens is 258 g/mol. The van der Waals surface area contributed by atoms with Crippen LogP contribution in [0, 0.1) is 0 Å². The molecule has 0 N–H and O–H groups in total. The van der Waals surface area contributed by atoms with Crippen molar-refractivity contribution in [3.63, 3.8) is 0 Å². The molecule has 2 rings (SSSR count). The average molecular weight is 282 g/mol. The molecule has 1 unspecified atom stereocenters. The van der Waals surface area contributed by atoms with Crippen LogP contribution < -0.4 is 0 Å². The Morgan fingerprint density at radius 1 is 1.32 bits per heavy atom. The summed E-state index contributed by atoms with van der Waals surface area (Å²) >= 11 is 5.91. The summed E-state index contributed by atoms with van der Waals surface area (Å²) < 4.78 is 5.98. The summed E-state index contributed by atoms with van der Waals surface area (Å²) in [5.41, 5.74) is 2.81. The minimum absolute atomic E-state index is 0.213. The fraction of sp³-hybridized carbons (Fsp3) is 0.625. The van der Waals surface area contributed by atoms with Crippen LogP contribution >= 0.6 is 11.6 Å². The molecule has 0 aromatic heterocycles. The molecule has 2 nitrogen and oxygen atoms in total. The fourth-order valence-corrected chi connectivity index (χ4v) is 2.90. The average Bonchev–Trinajstić information content (AvgIpc) is 2.45. The van der Waals surface area contributed by atoms with Crippen LogP contribution in [0.2, 0.25) is 0 Å². The van der Waals surface area contributed by atoms with Gasteiger partial charge < -0.3 is 4.74 Å². The van der Waals surface area contributed by atoms with Crippen LogP contribution in [0.25, 0.3) is 0 Å². The number of fused-ring (bicyclic) bond motifs is 1. The van der Waals surface area contributed by atoms with E-state index in [9.17, 15) is 0 Å². The van der Waals surface area contributed by atoms with Gasteiger partial charge in [-0.05, 0) is 30.5 Å². The Labute approximate surface area is 121 Å². The number of alkyl halides is 1. The second-order valence-corrected chi connectivity index (χ2v) is 5.53. The second kappa shape index (κ2) is 7.88. The molecule has 3 heteroatoms. The highest BCUT2D eigenvalue weighted by Gasteiger charge is 2.22. The van der Waals surface area contributed by atoms with Gasteiger partial charge in [0.2, 0.25) is 0 Å². The van der Waals surface area contributed by atoms with E-state index in [4.69, 9.17) is 16.3 Å². The summed E-state index contributed by atoms with van der Waals surface area (Å²) in [6, 6.07) is 8.66. The van der Waals surface area contributed by atoms with Crippen LogP contribution in [0.3, 0.4) is 0 Å². The van der Waals surface area contributed by atoms with E-state index in [1.807, 2.05) is 0 Å². The van der Waals surface area contributed by atoms with Crippen LogP contribution in [-0.2, 0) is 11.2 Å². The van der Waals surface area contributed by atoms with Crippen LogP contribution in [-0.4, -0.2) is 37.0 Å². The van der Waals surface area contributed by atoms with Gasteiger partial charge in [0.25, 0.3) is 0 Å². The SMILES string of the molecule is CCCCN(CCCl)CC1OCCc2ccccc21. The normalized spacial score (nSPS) is 18.6. The van der Waals surface area contributed by atoms with Crippen LogP contribution in [0.1, 0.15) is 37.0 Å². The Kier molecular flexibility index (Phi) is 6.15. The first-order valence-corrected chi connectivity index (χ1v) is 7.86. The Balaban J connectivity index is 2.01. The van der Waals surface area contributed by atoms with Crippen molar-refractivity contribution in [2.24, 2.45) is 0 Å². The van der Waals surface area contributed by atoms with Crippen molar-refractivity contribution in [2.75, 3.05) is 32.1 Å². The number of hydrogen-bond donors (Lipinski definition) is 0. The molecule has 1 aromatic carbocycles. The first kappa shape index (κ1) is 14.8. The molecule has 1 atom stereocenters. The predicted octanol–water partition coefficient (Wildman–Crippen LogP) is 3.64. The van der Waals surface area contributed by atoms with Crippen molar-refractivity contribution in [3.05, 3.63) is 35.4 Å². The second-order valence-electron chi connectivity index (χ2n) is 5.15. The van der Waals surface area contributed by atoms with Gasteiger partial charge in [0.1, 0.15) is 0 Å². The van der Waals surface area contributed by atoms with E-state index in [0.29, 0.717) is 5.88 Å². The highest BCUT2D eigenvalue weighted by Crippen LogP contribution is 2.27. The molecular formula is C16H24ClNO. The van der Waals surface area contributed by atoms with Gasteiger partial charge in [-0.25, -0.2) is 0 Å². The maximum Gasteiger partial charge on any atom is 0.0954 e. The molecule has 0 aliphatic carbocycles. The van der Waals surface area contributed by atoms with Crippen molar-refractivity contribution in [1.82, 2.24) is 4.90 Å². The van der Waals surface area contributed by atoms with E-state index in [1.54, 1.807) is 0 Å². The smallest absolute Gasteiger partial charge is 0.0954 e. The molecule has 0 spiro atoms. The maximum absolute atomic E-state index is 5.98. The van der Waals surface area contributed by atoms with Crippen molar-refractivity contribution >= 4 is 11.6 Å². The molecule has 0 saturated carbocycles. The lowest BCUT2D eigenvalue weighted by Crippen LogP contribution is -2.34. The molecule has 0 bridgehead atoms. The number of hydrogen-bond acceptors (Lipinski definition) is 2. The lowest BCUT2D eigenvalue weighted by Gasteiger charge is -2.31. The van der Waals surface area contributed by atoms with Gasteiger partial charge in [0.05, 0.1) is 12.7 Å². The van der Waals surface area contributed by atoms with E-state index in [1.165, 1.54) is 24.0 Å². The molecule has 1 aliphatic heterocycles. The van der Waals surface area contributed by atoms with Crippen molar-refractivity contribution in [1.29, 1.82) is 0 Å². The molecule has 19 heavy (non-hydrogen) atoms. The summed E-state index contributed by atoms with van der Waals surface area (Å²) in [6.45, 7) is 6.09. The topological polar surface area (TPSA) is 12.5 Å². The summed E-state index contributed by atoms with van der Waals surface area (Å²) in [5.74, 6) is 0.693. The minimum atomic E-state index is 0.213. The summed E-state index contributed by atoms with van der Waals surface area (Å²) in [6.07, 6.45) is 3.70. The van der Waals surface area contributed by atoms with Crippen molar-refractivity contribution in [2.45, 2.75) is 32.3 Å². The van der Waals surface area contributed by atoms with Gasteiger partial charge in [0.15, 0.2) is 0 Å². The Hall–Kier alpha value is -0.570. The molecule has 0 amide bonds. The van der Waals surface area contributed by atoms with Crippen molar-refractivity contribution < 1.29 is 4.74 Å². The number of unbranched alkanes of at least 4 members (excludes halogenated alkanes) is 1. The molecule has 106 valence electrons. The van der Waals surface area contributed by atoms with Crippen LogP contribution in [0.5, 0.6) is 0 Å². The fourth-order valence-electron chi connectivity index (χ4n) is 2.66. The first-order valence-electron chi connectivity index (χ1n) is 7.33. The van der Waals surface area contributed by atoms with Gasteiger partial charge in [0, 0.05) is 19.0 Å². The van der Waals surface area contributed by atoms with Crippen LogP contribution in [0.15, 0.2) is 24.3 Å². The Bertz CT molecular complexity index is 383. The first-order chi connectivity index (χ1) is 9.35. The van der Waals surface area contributed by atoms with Gasteiger partial charge >= 0.3 is 0 Å². The van der Waals surface area contributed by atoms with Gasteiger partial charge in [-0.1, -0.05) is 37.6 Å². The summed E-state index contributed by atoms with van der Waals surface area (Å²) in [5, 5.41) is 0. The molecule has 0 radical (unpaired) electrons. The monoisotopic (exact) mass is 281 g/mol. The van der Waals surface area contributed by atoms with E-state index in [0.717, 1.165) is 32.7 Å². The van der Waals surface area contributed by atoms with E-state index in [2.05, 4.69) is 36.1 Å². The highest BCUT2D eigenvalue weighted by molar-refractivity contribution is 6.18. The lowest BCUT2D eigenvalue weighted by atomic mass is 9.97. The Morgan fingerprint density at radius 2 is 2.16 bits per heavy atom. The quantitative estimate of drug-likeness (QED) is 0.708. The van der Waals surface area contributed by atoms with E-state index in [-0.39, 0.29) is 6.10 Å². The van der Waals surface area contributed by atoms with E-state index >= 15 is 0 Å². The summed E-state index contributed by atoms with van der Waals surface area (Å²) in [4.78, 5) is 2.43. The van der Waals surface area contributed by atoms with E-state index < -0.39 is 0 Å². The minimum Gasteiger partial charge on any atom is -0.372 e. The van der Waals surface area contributed by atoms with Gasteiger partial charge in [-0.15, -0.1) is 11.6 Å².